The predicted octanol–water partition coefficient (Wildman–Crippen LogP) is 4.30. The van der Waals surface area contributed by atoms with Gasteiger partial charge in [0.2, 0.25) is 0 Å². The number of rotatable bonds is 5. The second-order valence-corrected chi connectivity index (χ2v) is 6.69. The highest BCUT2D eigenvalue weighted by Crippen LogP contribution is 2.30. The van der Waals surface area contributed by atoms with Crippen LogP contribution in [0.5, 0.6) is 5.75 Å². The van der Waals surface area contributed by atoms with Crippen molar-refractivity contribution < 1.29 is 14.7 Å². The lowest BCUT2D eigenvalue weighted by Crippen LogP contribution is -2.19. The zero-order valence-corrected chi connectivity index (χ0v) is 16.5. The third-order valence-corrected chi connectivity index (χ3v) is 4.48. The molecule has 0 atom stereocenters. The van der Waals surface area contributed by atoms with Crippen LogP contribution in [0.1, 0.15) is 26.3 Å². The SMILES string of the molecule is CNc1ccc(C(=O)Nc2ccc(C)c(O)c2C(=O)Nc2ccc(Cl)cn2)cc1. The van der Waals surface area contributed by atoms with Crippen LogP contribution in [0.15, 0.2) is 54.7 Å². The Hall–Kier alpha value is -3.58. The lowest BCUT2D eigenvalue weighted by atomic mass is 10.1. The molecule has 0 saturated heterocycles. The first-order valence-electron chi connectivity index (χ1n) is 8.73. The number of aryl methyl sites for hydroxylation is 1. The number of aromatic hydroxyl groups is 1. The maximum absolute atomic E-state index is 12.8. The average molecular weight is 411 g/mol. The Bertz CT molecular complexity index is 1050. The van der Waals surface area contributed by atoms with Crippen molar-refractivity contribution in [2.75, 3.05) is 23.0 Å². The highest BCUT2D eigenvalue weighted by atomic mass is 35.5. The van der Waals surface area contributed by atoms with E-state index >= 15 is 0 Å². The maximum Gasteiger partial charge on any atom is 0.262 e. The van der Waals surface area contributed by atoms with E-state index in [2.05, 4.69) is 20.9 Å². The topological polar surface area (TPSA) is 103 Å². The van der Waals surface area contributed by atoms with Gasteiger partial charge in [-0.1, -0.05) is 17.7 Å². The molecule has 0 aliphatic carbocycles. The van der Waals surface area contributed by atoms with Crippen LogP contribution < -0.4 is 16.0 Å². The molecule has 0 bridgehead atoms. The van der Waals surface area contributed by atoms with Gasteiger partial charge in [0, 0.05) is 24.5 Å². The summed E-state index contributed by atoms with van der Waals surface area (Å²) in [6.07, 6.45) is 1.39. The number of halogens is 1. The van der Waals surface area contributed by atoms with Gasteiger partial charge in [-0.2, -0.15) is 0 Å². The summed E-state index contributed by atoms with van der Waals surface area (Å²) < 4.78 is 0. The van der Waals surface area contributed by atoms with Crippen molar-refractivity contribution in [3.05, 3.63) is 76.4 Å². The summed E-state index contributed by atoms with van der Waals surface area (Å²) in [6.45, 7) is 1.66. The number of hydrogen-bond acceptors (Lipinski definition) is 5. The molecular formula is C21H19ClN4O3. The fourth-order valence-corrected chi connectivity index (χ4v) is 2.75. The Morgan fingerprint density at radius 1 is 0.966 bits per heavy atom. The molecule has 1 aromatic heterocycles. The molecule has 8 heteroatoms. The lowest BCUT2D eigenvalue weighted by Gasteiger charge is -2.14. The van der Waals surface area contributed by atoms with Crippen LogP contribution in [0.25, 0.3) is 0 Å². The van der Waals surface area contributed by atoms with Crippen LogP contribution in [0.4, 0.5) is 17.2 Å². The van der Waals surface area contributed by atoms with Crippen LogP contribution in [0.2, 0.25) is 5.02 Å². The summed E-state index contributed by atoms with van der Waals surface area (Å²) in [5.74, 6) is -0.976. The van der Waals surface area contributed by atoms with E-state index in [0.717, 1.165) is 5.69 Å². The minimum absolute atomic E-state index is 0.0538. The van der Waals surface area contributed by atoms with E-state index in [0.29, 0.717) is 16.1 Å². The molecule has 0 fully saturated rings. The number of anilines is 3. The van der Waals surface area contributed by atoms with Gasteiger partial charge in [0.15, 0.2) is 0 Å². The smallest absolute Gasteiger partial charge is 0.262 e. The van der Waals surface area contributed by atoms with Gasteiger partial charge in [-0.05, 0) is 55.0 Å². The van der Waals surface area contributed by atoms with Gasteiger partial charge in [-0.3, -0.25) is 9.59 Å². The monoisotopic (exact) mass is 410 g/mol. The molecule has 0 saturated carbocycles. The van der Waals surface area contributed by atoms with Crippen molar-refractivity contribution >= 4 is 40.6 Å². The van der Waals surface area contributed by atoms with E-state index in [9.17, 15) is 14.7 Å². The van der Waals surface area contributed by atoms with Gasteiger partial charge in [-0.25, -0.2) is 4.98 Å². The first-order valence-corrected chi connectivity index (χ1v) is 9.11. The second-order valence-electron chi connectivity index (χ2n) is 6.25. The molecule has 148 valence electrons. The van der Waals surface area contributed by atoms with Gasteiger partial charge >= 0.3 is 0 Å². The molecule has 29 heavy (non-hydrogen) atoms. The third kappa shape index (κ3) is 4.64. The van der Waals surface area contributed by atoms with E-state index in [-0.39, 0.29) is 22.8 Å². The third-order valence-electron chi connectivity index (χ3n) is 4.26. The number of carbonyl (C=O) groups is 2. The van der Waals surface area contributed by atoms with Gasteiger partial charge in [0.25, 0.3) is 11.8 Å². The van der Waals surface area contributed by atoms with E-state index in [1.54, 1.807) is 56.4 Å². The number of pyridine rings is 1. The molecule has 2 aromatic carbocycles. The summed E-state index contributed by atoms with van der Waals surface area (Å²) in [5.41, 5.74) is 1.90. The first-order chi connectivity index (χ1) is 13.9. The highest BCUT2D eigenvalue weighted by Gasteiger charge is 2.21. The molecule has 4 N–H and O–H groups in total. The first kappa shape index (κ1) is 20.2. The Morgan fingerprint density at radius 2 is 1.69 bits per heavy atom. The number of nitrogens with zero attached hydrogens (tertiary/aromatic N) is 1. The standard InChI is InChI=1S/C21H19ClN4O3/c1-12-3-9-16(25-20(28)13-4-7-15(23-2)8-5-13)18(19(12)27)21(29)26-17-10-6-14(22)11-24-17/h3-11,23,27H,1-2H3,(H,25,28)(H,24,26,29). The number of aromatic nitrogens is 1. The van der Waals surface area contributed by atoms with Crippen molar-refractivity contribution in [1.29, 1.82) is 0 Å². The Balaban J connectivity index is 1.88. The molecule has 0 aliphatic heterocycles. The number of nitrogens with one attached hydrogen (secondary N) is 3. The molecule has 0 unspecified atom stereocenters. The van der Waals surface area contributed by atoms with Crippen LogP contribution in [0.3, 0.4) is 0 Å². The molecule has 0 radical (unpaired) electrons. The maximum atomic E-state index is 12.8. The summed E-state index contributed by atoms with van der Waals surface area (Å²) in [6, 6.07) is 13.2. The van der Waals surface area contributed by atoms with Gasteiger partial charge in [0.05, 0.1) is 10.7 Å². The van der Waals surface area contributed by atoms with E-state index in [1.807, 2.05) is 0 Å². The van der Waals surface area contributed by atoms with E-state index < -0.39 is 11.8 Å². The molecule has 0 spiro atoms. The Labute approximate surface area is 172 Å². The number of benzene rings is 2. The highest BCUT2D eigenvalue weighted by molar-refractivity contribution is 6.30. The average Bonchev–Trinajstić information content (AvgIpc) is 2.72. The lowest BCUT2D eigenvalue weighted by molar-refractivity contribution is 0.102. The fourth-order valence-electron chi connectivity index (χ4n) is 2.64. The summed E-state index contributed by atoms with van der Waals surface area (Å²) in [5, 5.41) is 19.1. The predicted molar refractivity (Wildman–Crippen MR) is 114 cm³/mol. The summed E-state index contributed by atoms with van der Waals surface area (Å²) in [4.78, 5) is 29.4. The summed E-state index contributed by atoms with van der Waals surface area (Å²) >= 11 is 5.80. The van der Waals surface area contributed by atoms with Gasteiger partial charge < -0.3 is 21.1 Å². The van der Waals surface area contributed by atoms with E-state index in [1.165, 1.54) is 12.3 Å². The number of carbonyl (C=O) groups excluding carboxylic acids is 2. The van der Waals surface area contributed by atoms with E-state index in [4.69, 9.17) is 11.6 Å². The minimum Gasteiger partial charge on any atom is -0.507 e. The Morgan fingerprint density at radius 3 is 2.31 bits per heavy atom. The van der Waals surface area contributed by atoms with Crippen molar-refractivity contribution in [3.8, 4) is 5.75 Å². The number of amides is 2. The van der Waals surface area contributed by atoms with Crippen molar-refractivity contribution in [1.82, 2.24) is 4.98 Å². The van der Waals surface area contributed by atoms with Crippen LogP contribution in [-0.4, -0.2) is 29.0 Å². The molecule has 3 aromatic rings. The molecule has 1 heterocycles. The van der Waals surface area contributed by atoms with Gasteiger partial charge in [-0.15, -0.1) is 0 Å². The normalized spacial score (nSPS) is 10.3. The fraction of sp³-hybridized carbons (Fsp3) is 0.0952. The Kier molecular flexibility index (Phi) is 5.99. The summed E-state index contributed by atoms with van der Waals surface area (Å²) in [7, 11) is 1.78. The molecule has 7 nitrogen and oxygen atoms in total. The van der Waals surface area contributed by atoms with Crippen molar-refractivity contribution in [3.63, 3.8) is 0 Å². The quantitative estimate of drug-likeness (QED) is 0.502. The van der Waals surface area contributed by atoms with Crippen LogP contribution in [-0.2, 0) is 0 Å². The number of hydrogen-bond donors (Lipinski definition) is 4. The second kappa shape index (κ2) is 8.62. The van der Waals surface area contributed by atoms with Gasteiger partial charge in [0.1, 0.15) is 17.1 Å². The van der Waals surface area contributed by atoms with Crippen LogP contribution in [0, 0.1) is 6.92 Å². The molecule has 2 amide bonds. The molecular weight excluding hydrogens is 392 g/mol. The van der Waals surface area contributed by atoms with Crippen molar-refractivity contribution in [2.24, 2.45) is 0 Å². The molecule has 3 rings (SSSR count). The number of phenolic OH excluding ortho intramolecular Hbond substituents is 1. The van der Waals surface area contributed by atoms with Crippen molar-refractivity contribution in [2.45, 2.75) is 6.92 Å². The largest absolute Gasteiger partial charge is 0.507 e. The molecule has 0 aliphatic rings. The number of phenols is 1. The zero-order valence-electron chi connectivity index (χ0n) is 15.8. The van der Waals surface area contributed by atoms with Crippen LogP contribution >= 0.6 is 11.6 Å². The minimum atomic E-state index is -0.609. The zero-order chi connectivity index (χ0) is 21.0.